The van der Waals surface area contributed by atoms with Crippen molar-refractivity contribution in [2.45, 2.75) is 79.2 Å². The molecule has 1 aromatic heterocycles. The van der Waals surface area contributed by atoms with Gasteiger partial charge in [-0.25, -0.2) is 0 Å². The first-order chi connectivity index (χ1) is 16.1. The third kappa shape index (κ3) is 8.73. The van der Waals surface area contributed by atoms with Gasteiger partial charge in [0.05, 0.1) is 5.52 Å². The van der Waals surface area contributed by atoms with Crippen molar-refractivity contribution in [2.24, 2.45) is 5.92 Å². The average Bonchev–Trinajstić information content (AvgIpc) is 2.86. The van der Waals surface area contributed by atoms with Gasteiger partial charge in [0.1, 0.15) is 0 Å². The molecule has 3 rings (SSSR count). The fourth-order valence-corrected chi connectivity index (χ4v) is 5.08. The molecule has 2 aromatic rings. The van der Waals surface area contributed by atoms with Crippen LogP contribution in [0, 0.1) is 5.92 Å². The van der Waals surface area contributed by atoms with Gasteiger partial charge in [0.25, 0.3) is 0 Å². The lowest BCUT2D eigenvalue weighted by atomic mass is 9.90. The molecule has 1 aliphatic heterocycles. The summed E-state index contributed by atoms with van der Waals surface area (Å²) in [6.45, 7) is 17.9. The van der Waals surface area contributed by atoms with Crippen LogP contribution in [0.5, 0.6) is 0 Å². The van der Waals surface area contributed by atoms with E-state index < -0.39 is 0 Å². The van der Waals surface area contributed by atoms with Crippen LogP contribution >= 0.6 is 11.6 Å². The van der Waals surface area contributed by atoms with Crippen molar-refractivity contribution in [3.8, 4) is 0 Å². The minimum Gasteiger partial charge on any atom is -0.383 e. The molecule has 0 amide bonds. The lowest BCUT2D eigenvalue weighted by Crippen LogP contribution is -2.51. The SMILES string of the molecule is CC.CCCCC(CC)CC(CC)N1CCN(CCNc2ccnc3cc(Cl)ccc23)CC1. The normalized spacial score (nSPS) is 16.8. The van der Waals surface area contributed by atoms with Crippen molar-refractivity contribution in [3.63, 3.8) is 0 Å². The number of nitrogens with zero attached hydrogens (tertiary/aromatic N) is 3. The Hall–Kier alpha value is -1.36. The molecule has 2 atom stereocenters. The number of pyridine rings is 1. The van der Waals surface area contributed by atoms with E-state index in [1.165, 1.54) is 64.7 Å². The Morgan fingerprint density at radius 1 is 1.03 bits per heavy atom. The van der Waals surface area contributed by atoms with Gasteiger partial charge >= 0.3 is 0 Å². The predicted octanol–water partition coefficient (Wildman–Crippen LogP) is 7.33. The first-order valence-electron chi connectivity index (χ1n) is 13.4. The van der Waals surface area contributed by atoms with Gasteiger partial charge in [-0.2, -0.15) is 0 Å². The summed E-state index contributed by atoms with van der Waals surface area (Å²) in [5.41, 5.74) is 2.09. The second-order valence-electron chi connectivity index (χ2n) is 9.04. The van der Waals surface area contributed by atoms with Crippen molar-refractivity contribution in [2.75, 3.05) is 44.6 Å². The number of rotatable bonds is 12. The van der Waals surface area contributed by atoms with E-state index in [0.717, 1.165) is 46.7 Å². The Morgan fingerprint density at radius 3 is 2.45 bits per heavy atom. The molecule has 0 bridgehead atoms. The van der Waals surface area contributed by atoms with E-state index in [2.05, 4.69) is 53.0 Å². The van der Waals surface area contributed by atoms with E-state index in [1.54, 1.807) is 0 Å². The van der Waals surface area contributed by atoms with E-state index in [1.807, 2.05) is 32.2 Å². The summed E-state index contributed by atoms with van der Waals surface area (Å²) in [7, 11) is 0. The maximum absolute atomic E-state index is 6.11. The Labute approximate surface area is 208 Å². The molecule has 1 N–H and O–H groups in total. The highest BCUT2D eigenvalue weighted by atomic mass is 35.5. The van der Waals surface area contributed by atoms with Gasteiger partial charge in [-0.05, 0) is 43.0 Å². The van der Waals surface area contributed by atoms with Crippen LogP contribution in [0.2, 0.25) is 5.02 Å². The van der Waals surface area contributed by atoms with E-state index >= 15 is 0 Å². The fraction of sp³-hybridized carbons (Fsp3) is 0.679. The van der Waals surface area contributed by atoms with E-state index in [9.17, 15) is 0 Å². The van der Waals surface area contributed by atoms with Crippen molar-refractivity contribution >= 4 is 28.2 Å². The Kier molecular flexibility index (Phi) is 13.1. The van der Waals surface area contributed by atoms with E-state index in [-0.39, 0.29) is 0 Å². The zero-order chi connectivity index (χ0) is 24.1. The van der Waals surface area contributed by atoms with Crippen LogP contribution in [0.15, 0.2) is 30.5 Å². The van der Waals surface area contributed by atoms with Crippen LogP contribution in [-0.4, -0.2) is 60.1 Å². The summed E-state index contributed by atoms with van der Waals surface area (Å²) in [6, 6.07) is 8.74. The molecule has 0 radical (unpaired) electrons. The number of anilines is 1. The molecular weight excluding hydrogens is 428 g/mol. The Morgan fingerprint density at radius 2 is 1.79 bits per heavy atom. The fourth-order valence-electron chi connectivity index (χ4n) is 4.92. The second kappa shape index (κ2) is 15.5. The standard InChI is InChI=1S/C26H41ClN4.C2H6/c1-4-7-8-21(5-2)19-23(6-3)31-17-15-30(16-18-31)14-13-29-25-11-12-28-26-20-22(27)9-10-24(25)26;1-2/h9-12,20-21,23H,4-8,13-19H2,1-3H3,(H,28,29);1-2H3. The maximum Gasteiger partial charge on any atom is 0.0737 e. The average molecular weight is 475 g/mol. The highest BCUT2D eigenvalue weighted by Crippen LogP contribution is 2.25. The molecule has 1 aromatic carbocycles. The molecule has 33 heavy (non-hydrogen) atoms. The van der Waals surface area contributed by atoms with Crippen molar-refractivity contribution in [1.29, 1.82) is 0 Å². The monoisotopic (exact) mass is 474 g/mol. The topological polar surface area (TPSA) is 31.4 Å². The molecule has 2 unspecified atom stereocenters. The van der Waals surface area contributed by atoms with Crippen LogP contribution in [0.3, 0.4) is 0 Å². The highest BCUT2D eigenvalue weighted by Gasteiger charge is 2.24. The lowest BCUT2D eigenvalue weighted by molar-refractivity contribution is 0.0830. The number of aromatic nitrogens is 1. The number of piperazine rings is 1. The largest absolute Gasteiger partial charge is 0.383 e. The quantitative estimate of drug-likeness (QED) is 0.349. The van der Waals surface area contributed by atoms with Gasteiger partial charge < -0.3 is 5.32 Å². The Balaban J connectivity index is 0.00000187. The van der Waals surface area contributed by atoms with Gasteiger partial charge in [-0.3, -0.25) is 14.8 Å². The van der Waals surface area contributed by atoms with Crippen molar-refractivity contribution in [1.82, 2.24) is 14.8 Å². The molecule has 5 heteroatoms. The summed E-state index contributed by atoms with van der Waals surface area (Å²) in [6.07, 6.45) is 9.97. The lowest BCUT2D eigenvalue weighted by Gasteiger charge is -2.40. The van der Waals surface area contributed by atoms with Crippen molar-refractivity contribution in [3.05, 3.63) is 35.5 Å². The predicted molar refractivity (Wildman–Crippen MR) is 147 cm³/mol. The van der Waals surface area contributed by atoms with Crippen LogP contribution in [-0.2, 0) is 0 Å². The molecule has 2 heterocycles. The molecular formula is C28H47ClN4. The molecule has 1 saturated heterocycles. The molecule has 0 spiro atoms. The summed E-state index contributed by atoms with van der Waals surface area (Å²) in [5.74, 6) is 0.900. The molecule has 1 aliphatic rings. The molecule has 1 fully saturated rings. The van der Waals surface area contributed by atoms with Crippen molar-refractivity contribution < 1.29 is 0 Å². The molecule has 186 valence electrons. The van der Waals surface area contributed by atoms with Gasteiger partial charge in [0.15, 0.2) is 0 Å². The minimum atomic E-state index is 0.732. The summed E-state index contributed by atoms with van der Waals surface area (Å²) in [4.78, 5) is 9.80. The zero-order valence-corrected chi connectivity index (χ0v) is 22.5. The van der Waals surface area contributed by atoms with E-state index in [4.69, 9.17) is 11.6 Å². The summed E-state index contributed by atoms with van der Waals surface area (Å²) < 4.78 is 0. The number of benzene rings is 1. The first kappa shape index (κ1) is 27.9. The van der Waals surface area contributed by atoms with Gasteiger partial charge in [-0.1, -0.05) is 71.9 Å². The van der Waals surface area contributed by atoms with Gasteiger partial charge in [0, 0.05) is 67.6 Å². The van der Waals surface area contributed by atoms with Crippen LogP contribution in [0.1, 0.15) is 73.1 Å². The zero-order valence-electron chi connectivity index (χ0n) is 21.7. The number of hydrogen-bond donors (Lipinski definition) is 1. The first-order valence-corrected chi connectivity index (χ1v) is 13.8. The molecule has 0 aliphatic carbocycles. The summed E-state index contributed by atoms with van der Waals surface area (Å²) in [5, 5.41) is 5.48. The highest BCUT2D eigenvalue weighted by molar-refractivity contribution is 6.31. The van der Waals surface area contributed by atoms with Gasteiger partial charge in [0.2, 0.25) is 0 Å². The van der Waals surface area contributed by atoms with Crippen LogP contribution < -0.4 is 5.32 Å². The number of halogens is 1. The smallest absolute Gasteiger partial charge is 0.0737 e. The second-order valence-corrected chi connectivity index (χ2v) is 9.48. The maximum atomic E-state index is 6.11. The molecule has 0 saturated carbocycles. The van der Waals surface area contributed by atoms with E-state index in [0.29, 0.717) is 0 Å². The van der Waals surface area contributed by atoms with Crippen LogP contribution in [0.25, 0.3) is 10.9 Å². The number of unbranched alkanes of at least 4 members (excludes halogenated alkanes) is 1. The van der Waals surface area contributed by atoms with Gasteiger partial charge in [-0.15, -0.1) is 0 Å². The van der Waals surface area contributed by atoms with Crippen LogP contribution in [0.4, 0.5) is 5.69 Å². The third-order valence-electron chi connectivity index (χ3n) is 6.99. The Bertz CT molecular complexity index is 789. The summed E-state index contributed by atoms with van der Waals surface area (Å²) >= 11 is 6.11. The molecule has 4 nitrogen and oxygen atoms in total. The third-order valence-corrected chi connectivity index (χ3v) is 7.23. The minimum absolute atomic E-state index is 0.732. The number of nitrogens with one attached hydrogen (secondary N) is 1. The number of fused-ring (bicyclic) bond motifs is 1. The number of hydrogen-bond acceptors (Lipinski definition) is 4.